The fourth-order valence-corrected chi connectivity index (χ4v) is 2.24. The van der Waals surface area contributed by atoms with Gasteiger partial charge in [0.25, 0.3) is 5.91 Å². The van der Waals surface area contributed by atoms with Crippen LogP contribution in [0.5, 0.6) is 0 Å². The summed E-state index contributed by atoms with van der Waals surface area (Å²) < 4.78 is 0. The summed E-state index contributed by atoms with van der Waals surface area (Å²) in [6, 6.07) is 14.0. The van der Waals surface area contributed by atoms with E-state index in [1.54, 1.807) is 36.5 Å². The number of halogens is 1. The first-order chi connectivity index (χ1) is 10.1. The Hall–Kier alpha value is -2.59. The van der Waals surface area contributed by atoms with E-state index in [-0.39, 0.29) is 5.91 Å². The molecule has 0 bridgehead atoms. The fraction of sp³-hybridized carbons (Fsp3) is 0. The van der Waals surface area contributed by atoms with E-state index in [1.807, 2.05) is 18.2 Å². The lowest BCUT2D eigenvalue weighted by Gasteiger charge is -2.09. The van der Waals surface area contributed by atoms with Gasteiger partial charge in [-0.3, -0.25) is 9.78 Å². The number of aromatic nitrogens is 1. The van der Waals surface area contributed by atoms with Crippen molar-refractivity contribution in [1.82, 2.24) is 4.98 Å². The van der Waals surface area contributed by atoms with Gasteiger partial charge in [-0.1, -0.05) is 17.7 Å². The van der Waals surface area contributed by atoms with E-state index in [2.05, 4.69) is 10.3 Å². The van der Waals surface area contributed by atoms with Gasteiger partial charge in [0.15, 0.2) is 0 Å². The number of nitrogen functional groups attached to an aromatic ring is 1. The third kappa shape index (κ3) is 2.80. The van der Waals surface area contributed by atoms with Crippen LogP contribution in [0, 0.1) is 0 Å². The number of nitrogens with two attached hydrogens (primary N) is 1. The maximum atomic E-state index is 12.3. The highest BCUT2D eigenvalue weighted by Crippen LogP contribution is 2.23. The highest BCUT2D eigenvalue weighted by Gasteiger charge is 2.09. The first-order valence-electron chi connectivity index (χ1n) is 6.34. The van der Waals surface area contributed by atoms with E-state index >= 15 is 0 Å². The zero-order valence-electron chi connectivity index (χ0n) is 11.0. The van der Waals surface area contributed by atoms with E-state index in [0.29, 0.717) is 22.0 Å². The van der Waals surface area contributed by atoms with Gasteiger partial charge in [-0.25, -0.2) is 0 Å². The standard InChI is InChI=1S/C16H12ClN3O/c17-12-4-6-15(13(18)9-12)20-16(21)11-3-5-14-10(8-11)2-1-7-19-14/h1-9H,18H2,(H,20,21). The Kier molecular flexibility index (Phi) is 3.46. The molecule has 4 nitrogen and oxygen atoms in total. The van der Waals surface area contributed by atoms with Gasteiger partial charge in [-0.15, -0.1) is 0 Å². The number of nitrogens with one attached hydrogen (secondary N) is 1. The van der Waals surface area contributed by atoms with Crippen LogP contribution in [-0.2, 0) is 0 Å². The topological polar surface area (TPSA) is 68.0 Å². The summed E-state index contributed by atoms with van der Waals surface area (Å²) in [5, 5.41) is 4.22. The molecule has 0 aliphatic carbocycles. The maximum Gasteiger partial charge on any atom is 0.255 e. The summed E-state index contributed by atoms with van der Waals surface area (Å²) >= 11 is 5.84. The van der Waals surface area contributed by atoms with Crippen molar-refractivity contribution in [3.8, 4) is 0 Å². The quantitative estimate of drug-likeness (QED) is 0.708. The number of hydrogen-bond donors (Lipinski definition) is 2. The molecule has 0 saturated carbocycles. The number of hydrogen-bond acceptors (Lipinski definition) is 3. The van der Waals surface area contributed by atoms with Gasteiger partial charge >= 0.3 is 0 Å². The molecule has 0 atom stereocenters. The molecule has 0 saturated heterocycles. The van der Waals surface area contributed by atoms with Crippen LogP contribution in [0.15, 0.2) is 54.7 Å². The van der Waals surface area contributed by atoms with Crippen molar-refractivity contribution in [3.63, 3.8) is 0 Å². The lowest BCUT2D eigenvalue weighted by Crippen LogP contribution is -2.13. The number of carbonyl (C=O) groups excluding carboxylic acids is 1. The summed E-state index contributed by atoms with van der Waals surface area (Å²) in [6.07, 6.45) is 1.72. The first kappa shape index (κ1) is 13.4. The maximum absolute atomic E-state index is 12.3. The molecule has 3 rings (SSSR count). The number of anilines is 2. The molecule has 0 aliphatic heterocycles. The van der Waals surface area contributed by atoms with Crippen molar-refractivity contribution in [2.45, 2.75) is 0 Å². The predicted octanol–water partition coefficient (Wildman–Crippen LogP) is 3.72. The molecule has 0 radical (unpaired) electrons. The number of rotatable bonds is 2. The normalized spacial score (nSPS) is 10.5. The summed E-state index contributed by atoms with van der Waals surface area (Å²) in [4.78, 5) is 16.5. The van der Waals surface area contributed by atoms with Gasteiger partial charge < -0.3 is 11.1 Å². The zero-order valence-corrected chi connectivity index (χ0v) is 11.8. The third-order valence-corrected chi connectivity index (χ3v) is 3.36. The lowest BCUT2D eigenvalue weighted by atomic mass is 10.1. The van der Waals surface area contributed by atoms with Gasteiger partial charge in [-0.2, -0.15) is 0 Å². The average molecular weight is 298 g/mol. The van der Waals surface area contributed by atoms with Gasteiger partial charge in [0.05, 0.1) is 16.9 Å². The van der Waals surface area contributed by atoms with Gasteiger partial charge in [-0.05, 0) is 42.5 Å². The molecule has 0 fully saturated rings. The second-order valence-electron chi connectivity index (χ2n) is 4.60. The molecule has 0 unspecified atom stereocenters. The largest absolute Gasteiger partial charge is 0.397 e. The fourth-order valence-electron chi connectivity index (χ4n) is 2.06. The Morgan fingerprint density at radius 3 is 2.81 bits per heavy atom. The number of benzene rings is 2. The zero-order chi connectivity index (χ0) is 14.8. The van der Waals surface area contributed by atoms with Crippen LogP contribution in [0.1, 0.15) is 10.4 Å². The molecule has 0 aliphatic rings. The monoisotopic (exact) mass is 297 g/mol. The average Bonchev–Trinajstić information content (AvgIpc) is 2.49. The molecule has 104 valence electrons. The molecule has 3 aromatic rings. The van der Waals surface area contributed by atoms with Crippen molar-refractivity contribution in [3.05, 3.63) is 65.3 Å². The Bertz CT molecular complexity index is 833. The molecular formula is C16H12ClN3O. The molecule has 1 amide bonds. The van der Waals surface area contributed by atoms with Crippen LogP contribution in [-0.4, -0.2) is 10.9 Å². The highest BCUT2D eigenvalue weighted by atomic mass is 35.5. The van der Waals surface area contributed by atoms with Crippen LogP contribution in [0.3, 0.4) is 0 Å². The van der Waals surface area contributed by atoms with Gasteiger partial charge in [0.2, 0.25) is 0 Å². The summed E-state index contributed by atoms with van der Waals surface area (Å²) in [7, 11) is 0. The second kappa shape index (κ2) is 5.42. The second-order valence-corrected chi connectivity index (χ2v) is 5.03. The number of carbonyl (C=O) groups is 1. The molecule has 1 aromatic heterocycles. The molecule has 2 aromatic carbocycles. The van der Waals surface area contributed by atoms with E-state index < -0.39 is 0 Å². The van der Waals surface area contributed by atoms with Crippen molar-refractivity contribution in [2.24, 2.45) is 0 Å². The Labute approximate surface area is 126 Å². The Balaban J connectivity index is 1.89. The molecule has 0 spiro atoms. The Morgan fingerprint density at radius 1 is 1.14 bits per heavy atom. The highest BCUT2D eigenvalue weighted by molar-refractivity contribution is 6.31. The Morgan fingerprint density at radius 2 is 2.00 bits per heavy atom. The minimum atomic E-state index is -0.227. The predicted molar refractivity (Wildman–Crippen MR) is 85.6 cm³/mol. The van der Waals surface area contributed by atoms with E-state index in [9.17, 15) is 4.79 Å². The van der Waals surface area contributed by atoms with Crippen LogP contribution in [0.25, 0.3) is 10.9 Å². The van der Waals surface area contributed by atoms with E-state index in [1.165, 1.54) is 0 Å². The summed E-state index contributed by atoms with van der Waals surface area (Å²) in [5.41, 5.74) is 8.19. The summed E-state index contributed by atoms with van der Waals surface area (Å²) in [5.74, 6) is -0.227. The number of fused-ring (bicyclic) bond motifs is 1. The number of nitrogens with zero attached hydrogens (tertiary/aromatic N) is 1. The van der Waals surface area contributed by atoms with Gasteiger partial charge in [0.1, 0.15) is 0 Å². The van der Waals surface area contributed by atoms with Crippen molar-refractivity contribution in [2.75, 3.05) is 11.1 Å². The molecule has 5 heteroatoms. The molecule has 1 heterocycles. The van der Waals surface area contributed by atoms with Crippen LogP contribution < -0.4 is 11.1 Å². The molecule has 21 heavy (non-hydrogen) atoms. The SMILES string of the molecule is Nc1cc(Cl)ccc1NC(=O)c1ccc2ncccc2c1. The minimum absolute atomic E-state index is 0.227. The van der Waals surface area contributed by atoms with Crippen molar-refractivity contribution < 1.29 is 4.79 Å². The van der Waals surface area contributed by atoms with Gasteiger partial charge in [0, 0.05) is 22.2 Å². The smallest absolute Gasteiger partial charge is 0.255 e. The number of pyridine rings is 1. The van der Waals surface area contributed by atoms with Crippen molar-refractivity contribution in [1.29, 1.82) is 0 Å². The molecule has 3 N–H and O–H groups in total. The van der Waals surface area contributed by atoms with E-state index in [4.69, 9.17) is 17.3 Å². The van der Waals surface area contributed by atoms with Crippen molar-refractivity contribution >= 4 is 39.8 Å². The summed E-state index contributed by atoms with van der Waals surface area (Å²) in [6.45, 7) is 0. The van der Waals surface area contributed by atoms with Crippen LogP contribution in [0.4, 0.5) is 11.4 Å². The van der Waals surface area contributed by atoms with Crippen LogP contribution in [0.2, 0.25) is 5.02 Å². The first-order valence-corrected chi connectivity index (χ1v) is 6.72. The molecular weight excluding hydrogens is 286 g/mol. The van der Waals surface area contributed by atoms with Crippen LogP contribution >= 0.6 is 11.6 Å². The van der Waals surface area contributed by atoms with E-state index in [0.717, 1.165) is 10.9 Å². The number of amides is 1. The lowest BCUT2D eigenvalue weighted by molar-refractivity contribution is 0.102. The third-order valence-electron chi connectivity index (χ3n) is 3.13. The minimum Gasteiger partial charge on any atom is -0.397 e.